The molecule has 4 nitrogen and oxygen atoms in total. The Kier molecular flexibility index (Phi) is 3.16. The van der Waals surface area contributed by atoms with Gasteiger partial charge in [0.15, 0.2) is 5.75 Å². The number of nitrogens with one attached hydrogen (secondary N) is 1. The van der Waals surface area contributed by atoms with E-state index in [0.717, 1.165) is 29.6 Å². The SMILES string of the molecule is [O-][S+](Cc1ccccn1)c1nc2cc3c(cc2[nH]1)CCC3. The second kappa shape index (κ2) is 5.16. The first-order valence-electron chi connectivity index (χ1n) is 7.09. The number of H-pyrrole nitrogens is 1. The van der Waals surface area contributed by atoms with Gasteiger partial charge in [-0.05, 0) is 54.7 Å². The van der Waals surface area contributed by atoms with E-state index in [1.54, 1.807) is 6.20 Å². The summed E-state index contributed by atoms with van der Waals surface area (Å²) in [7, 11) is 0. The van der Waals surface area contributed by atoms with E-state index in [0.29, 0.717) is 10.9 Å². The number of hydrogen-bond donors (Lipinski definition) is 1. The summed E-state index contributed by atoms with van der Waals surface area (Å²) in [6.07, 6.45) is 5.21. The van der Waals surface area contributed by atoms with Gasteiger partial charge in [0.1, 0.15) is 0 Å². The van der Waals surface area contributed by atoms with Crippen LogP contribution in [0.1, 0.15) is 23.2 Å². The van der Waals surface area contributed by atoms with E-state index in [4.69, 9.17) is 0 Å². The number of aryl methyl sites for hydroxylation is 2. The van der Waals surface area contributed by atoms with Crippen molar-refractivity contribution >= 4 is 22.2 Å². The molecule has 4 rings (SSSR count). The molecule has 3 aromatic rings. The highest BCUT2D eigenvalue weighted by atomic mass is 32.2. The highest BCUT2D eigenvalue weighted by Crippen LogP contribution is 2.27. The third kappa shape index (κ3) is 2.43. The first kappa shape index (κ1) is 12.9. The molecular formula is C16H15N3OS. The van der Waals surface area contributed by atoms with Crippen molar-refractivity contribution in [1.29, 1.82) is 0 Å². The second-order valence-corrected chi connectivity index (χ2v) is 6.71. The van der Waals surface area contributed by atoms with Gasteiger partial charge in [-0.25, -0.2) is 0 Å². The summed E-state index contributed by atoms with van der Waals surface area (Å²) in [4.78, 5) is 11.9. The van der Waals surface area contributed by atoms with Crippen LogP contribution >= 0.6 is 0 Å². The van der Waals surface area contributed by atoms with Crippen LogP contribution in [0.5, 0.6) is 0 Å². The zero-order valence-electron chi connectivity index (χ0n) is 11.5. The predicted molar refractivity (Wildman–Crippen MR) is 82.5 cm³/mol. The Morgan fingerprint density at radius 3 is 2.86 bits per heavy atom. The number of benzene rings is 1. The Labute approximate surface area is 125 Å². The zero-order chi connectivity index (χ0) is 14.2. The summed E-state index contributed by atoms with van der Waals surface area (Å²) in [5.41, 5.74) is 5.50. The fourth-order valence-corrected chi connectivity index (χ4v) is 3.85. The van der Waals surface area contributed by atoms with Crippen molar-refractivity contribution in [2.45, 2.75) is 30.2 Å². The second-order valence-electron chi connectivity index (χ2n) is 5.34. The molecule has 21 heavy (non-hydrogen) atoms. The van der Waals surface area contributed by atoms with Crippen molar-refractivity contribution in [3.63, 3.8) is 0 Å². The van der Waals surface area contributed by atoms with E-state index in [-0.39, 0.29) is 0 Å². The van der Waals surface area contributed by atoms with Crippen molar-refractivity contribution in [2.24, 2.45) is 0 Å². The molecule has 1 N–H and O–H groups in total. The lowest BCUT2D eigenvalue weighted by molar-refractivity contribution is 0.587. The van der Waals surface area contributed by atoms with Crippen LogP contribution in [0.3, 0.4) is 0 Å². The van der Waals surface area contributed by atoms with Crippen LogP contribution in [-0.2, 0) is 29.8 Å². The number of aromatic amines is 1. The zero-order valence-corrected chi connectivity index (χ0v) is 12.3. The molecule has 1 aromatic carbocycles. The van der Waals surface area contributed by atoms with Gasteiger partial charge in [0.05, 0.1) is 16.7 Å². The van der Waals surface area contributed by atoms with Gasteiger partial charge in [0, 0.05) is 17.4 Å². The van der Waals surface area contributed by atoms with Crippen LogP contribution < -0.4 is 0 Å². The highest BCUT2D eigenvalue weighted by molar-refractivity contribution is 7.90. The van der Waals surface area contributed by atoms with Gasteiger partial charge in [0.2, 0.25) is 0 Å². The van der Waals surface area contributed by atoms with E-state index < -0.39 is 11.2 Å². The van der Waals surface area contributed by atoms with Gasteiger partial charge >= 0.3 is 5.16 Å². The minimum atomic E-state index is -1.19. The summed E-state index contributed by atoms with van der Waals surface area (Å²) in [6.45, 7) is 0. The van der Waals surface area contributed by atoms with Crippen molar-refractivity contribution in [2.75, 3.05) is 0 Å². The smallest absolute Gasteiger partial charge is 0.322 e. The Bertz CT molecular complexity index is 744. The third-order valence-corrected chi connectivity index (χ3v) is 5.08. The molecule has 0 amide bonds. The van der Waals surface area contributed by atoms with Gasteiger partial charge < -0.3 is 4.55 Å². The topological polar surface area (TPSA) is 64.6 Å². The largest absolute Gasteiger partial charge is 0.609 e. The molecule has 5 heteroatoms. The summed E-state index contributed by atoms with van der Waals surface area (Å²) >= 11 is -1.19. The molecule has 0 saturated heterocycles. The Balaban J connectivity index is 1.64. The molecule has 1 unspecified atom stereocenters. The first-order valence-corrected chi connectivity index (χ1v) is 8.41. The lowest BCUT2D eigenvalue weighted by atomic mass is 10.1. The van der Waals surface area contributed by atoms with Gasteiger partial charge in [-0.2, -0.15) is 4.98 Å². The van der Waals surface area contributed by atoms with Crippen LogP contribution in [0.2, 0.25) is 0 Å². The molecule has 2 aromatic heterocycles. The number of pyridine rings is 1. The summed E-state index contributed by atoms with van der Waals surface area (Å²) in [6, 6.07) is 9.94. The lowest BCUT2D eigenvalue weighted by Crippen LogP contribution is -2.07. The maximum Gasteiger partial charge on any atom is 0.322 e. The summed E-state index contributed by atoms with van der Waals surface area (Å²) in [5, 5.41) is 0.541. The third-order valence-electron chi connectivity index (χ3n) is 3.89. The van der Waals surface area contributed by atoms with Crippen molar-refractivity contribution < 1.29 is 4.55 Å². The minimum absolute atomic E-state index is 0.389. The van der Waals surface area contributed by atoms with Crippen molar-refractivity contribution in [1.82, 2.24) is 15.0 Å². The van der Waals surface area contributed by atoms with E-state index in [1.165, 1.54) is 17.5 Å². The summed E-state index contributed by atoms with van der Waals surface area (Å²) < 4.78 is 12.4. The molecule has 2 heterocycles. The molecule has 0 spiro atoms. The number of aromatic nitrogens is 3. The number of nitrogens with zero attached hydrogens (tertiary/aromatic N) is 2. The fraction of sp³-hybridized carbons (Fsp3) is 0.250. The molecule has 0 radical (unpaired) electrons. The van der Waals surface area contributed by atoms with Crippen LogP contribution in [-0.4, -0.2) is 19.5 Å². The Morgan fingerprint density at radius 2 is 2.05 bits per heavy atom. The summed E-state index contributed by atoms with van der Waals surface area (Å²) in [5.74, 6) is 0.389. The normalized spacial score (nSPS) is 15.3. The van der Waals surface area contributed by atoms with E-state index in [2.05, 4.69) is 27.1 Å². The molecule has 1 aliphatic rings. The van der Waals surface area contributed by atoms with Gasteiger partial charge in [-0.1, -0.05) is 6.07 Å². The maximum atomic E-state index is 12.4. The maximum absolute atomic E-state index is 12.4. The van der Waals surface area contributed by atoms with Gasteiger partial charge in [-0.3, -0.25) is 9.97 Å². The van der Waals surface area contributed by atoms with Crippen LogP contribution in [0.15, 0.2) is 41.7 Å². The standard InChI is InChI=1S/C16H15N3OS/c20-21(10-13-6-1-2-7-17-13)16-18-14-8-11-4-3-5-12(11)9-15(14)19-16/h1-2,6-9H,3-5,10H2,(H,18,19). The van der Waals surface area contributed by atoms with E-state index in [1.807, 2.05) is 18.2 Å². The number of fused-ring (bicyclic) bond motifs is 2. The first-order chi connectivity index (χ1) is 10.3. The number of imidazole rings is 1. The number of hydrogen-bond acceptors (Lipinski definition) is 3. The molecule has 0 fully saturated rings. The molecule has 0 bridgehead atoms. The molecular weight excluding hydrogens is 282 g/mol. The number of rotatable bonds is 3. The molecule has 106 valence electrons. The van der Waals surface area contributed by atoms with Crippen LogP contribution in [0.4, 0.5) is 0 Å². The van der Waals surface area contributed by atoms with E-state index in [9.17, 15) is 4.55 Å². The fourth-order valence-electron chi connectivity index (χ4n) is 2.85. The Morgan fingerprint density at radius 1 is 1.19 bits per heavy atom. The lowest BCUT2D eigenvalue weighted by Gasteiger charge is -2.05. The van der Waals surface area contributed by atoms with Crippen LogP contribution in [0, 0.1) is 0 Å². The van der Waals surface area contributed by atoms with E-state index >= 15 is 0 Å². The Hall–Kier alpha value is -1.85. The quantitative estimate of drug-likeness (QED) is 0.756. The predicted octanol–water partition coefficient (Wildman–Crippen LogP) is 2.75. The van der Waals surface area contributed by atoms with Gasteiger partial charge in [-0.15, -0.1) is 0 Å². The monoisotopic (exact) mass is 297 g/mol. The molecule has 0 saturated carbocycles. The van der Waals surface area contributed by atoms with Gasteiger partial charge in [0.25, 0.3) is 0 Å². The van der Waals surface area contributed by atoms with Crippen molar-refractivity contribution in [3.05, 3.63) is 53.3 Å². The minimum Gasteiger partial charge on any atom is -0.609 e. The van der Waals surface area contributed by atoms with Crippen molar-refractivity contribution in [3.8, 4) is 0 Å². The average molecular weight is 297 g/mol. The van der Waals surface area contributed by atoms with Crippen LogP contribution in [0.25, 0.3) is 11.0 Å². The average Bonchev–Trinajstić information content (AvgIpc) is 3.11. The molecule has 1 aliphatic carbocycles. The highest BCUT2D eigenvalue weighted by Gasteiger charge is 2.20. The molecule has 1 atom stereocenters. The molecule has 0 aliphatic heterocycles.